The number of amides is 1. The number of hydrogen-bond donors (Lipinski definition) is 1. The largest absolute Gasteiger partial charge is 0.298 e. The molecule has 0 spiro atoms. The number of hydrogen-bond acceptors (Lipinski definition) is 3. The van der Waals surface area contributed by atoms with Crippen molar-refractivity contribution in [2.45, 2.75) is 5.88 Å². The van der Waals surface area contributed by atoms with Crippen molar-refractivity contribution in [3.05, 3.63) is 52.0 Å². The van der Waals surface area contributed by atoms with Gasteiger partial charge in [0.25, 0.3) is 0 Å². The summed E-state index contributed by atoms with van der Waals surface area (Å²) >= 11 is 12.8. The summed E-state index contributed by atoms with van der Waals surface area (Å²) in [7, 11) is 0. The number of nitrogens with zero attached hydrogens (tertiary/aromatic N) is 1. The van der Waals surface area contributed by atoms with Gasteiger partial charge in [0.1, 0.15) is 0 Å². The maximum absolute atomic E-state index is 11.7. The van der Waals surface area contributed by atoms with Crippen molar-refractivity contribution in [1.82, 2.24) is 4.98 Å². The fraction of sp³-hybridized carbons (Fsp3) is 0.0769. The van der Waals surface area contributed by atoms with Crippen molar-refractivity contribution < 1.29 is 4.79 Å². The Kier molecular flexibility index (Phi) is 4.96. The Bertz CT molecular complexity index is 610. The average molecular weight is 313 g/mol. The molecule has 1 N–H and O–H groups in total. The van der Waals surface area contributed by atoms with Crippen LogP contribution in [0.25, 0.3) is 6.08 Å². The van der Waals surface area contributed by atoms with Crippen LogP contribution >= 0.6 is 34.5 Å². The molecule has 0 aliphatic heterocycles. The number of halogens is 2. The summed E-state index contributed by atoms with van der Waals surface area (Å²) in [6.45, 7) is 0. The molecule has 2 rings (SSSR count). The van der Waals surface area contributed by atoms with Gasteiger partial charge in [0.15, 0.2) is 5.13 Å². The highest BCUT2D eigenvalue weighted by Gasteiger charge is 2.03. The van der Waals surface area contributed by atoms with E-state index in [9.17, 15) is 4.79 Å². The van der Waals surface area contributed by atoms with Crippen LogP contribution in [0.2, 0.25) is 5.02 Å². The van der Waals surface area contributed by atoms with Crippen molar-refractivity contribution in [1.29, 1.82) is 0 Å². The monoisotopic (exact) mass is 312 g/mol. The Morgan fingerprint density at radius 1 is 1.47 bits per heavy atom. The van der Waals surface area contributed by atoms with Gasteiger partial charge in [-0.25, -0.2) is 4.98 Å². The second kappa shape index (κ2) is 6.70. The fourth-order valence-electron chi connectivity index (χ4n) is 1.35. The van der Waals surface area contributed by atoms with E-state index < -0.39 is 0 Å². The molecule has 0 aliphatic rings. The highest BCUT2D eigenvalue weighted by atomic mass is 35.5. The molecular formula is C13H10Cl2N2OS. The zero-order valence-corrected chi connectivity index (χ0v) is 12.1. The van der Waals surface area contributed by atoms with E-state index in [0.29, 0.717) is 16.0 Å². The zero-order valence-electron chi connectivity index (χ0n) is 9.77. The summed E-state index contributed by atoms with van der Waals surface area (Å²) in [5.74, 6) is 0.0977. The standard InChI is InChI=1S/C13H10Cl2N2OS/c14-7-11-8-19-13(16-11)17-12(18)5-4-9-2-1-3-10(15)6-9/h1-6,8H,7H2,(H,16,17,18)/b5-4+. The molecule has 3 nitrogen and oxygen atoms in total. The summed E-state index contributed by atoms with van der Waals surface area (Å²) in [5, 5.41) is 5.65. The first-order valence-corrected chi connectivity index (χ1v) is 7.21. The lowest BCUT2D eigenvalue weighted by molar-refractivity contribution is -0.111. The first kappa shape index (κ1) is 14.1. The van der Waals surface area contributed by atoms with Crippen LogP contribution in [0.3, 0.4) is 0 Å². The molecule has 98 valence electrons. The molecule has 0 aliphatic carbocycles. The van der Waals surface area contributed by atoms with E-state index in [4.69, 9.17) is 23.2 Å². The molecule has 0 bridgehead atoms. The van der Waals surface area contributed by atoms with Gasteiger partial charge in [-0.1, -0.05) is 23.7 Å². The van der Waals surface area contributed by atoms with E-state index in [1.165, 1.54) is 17.4 Å². The normalized spacial score (nSPS) is 10.8. The van der Waals surface area contributed by atoms with Crippen LogP contribution in [0.15, 0.2) is 35.7 Å². The minimum atomic E-state index is -0.240. The lowest BCUT2D eigenvalue weighted by atomic mass is 10.2. The number of rotatable bonds is 4. The van der Waals surface area contributed by atoms with Gasteiger partial charge in [0.2, 0.25) is 5.91 Å². The van der Waals surface area contributed by atoms with Crippen LogP contribution in [-0.4, -0.2) is 10.9 Å². The van der Waals surface area contributed by atoms with Crippen LogP contribution in [0, 0.1) is 0 Å². The third-order valence-corrected chi connectivity index (χ3v) is 3.51. The van der Waals surface area contributed by atoms with Crippen molar-refractivity contribution in [3.8, 4) is 0 Å². The second-order valence-electron chi connectivity index (χ2n) is 3.66. The molecule has 2 aromatic rings. The second-order valence-corrected chi connectivity index (χ2v) is 5.22. The number of thiazole rings is 1. The van der Waals surface area contributed by atoms with Crippen LogP contribution < -0.4 is 5.32 Å². The molecule has 1 aromatic heterocycles. The number of benzene rings is 1. The van der Waals surface area contributed by atoms with Gasteiger partial charge in [-0.15, -0.1) is 22.9 Å². The SMILES string of the molecule is O=C(/C=C/c1cccc(Cl)c1)Nc1nc(CCl)cs1. The Morgan fingerprint density at radius 3 is 3.00 bits per heavy atom. The van der Waals surface area contributed by atoms with E-state index in [0.717, 1.165) is 11.3 Å². The van der Waals surface area contributed by atoms with E-state index in [1.54, 1.807) is 18.2 Å². The first-order valence-electron chi connectivity index (χ1n) is 5.42. The summed E-state index contributed by atoms with van der Waals surface area (Å²) in [6, 6.07) is 7.25. The predicted molar refractivity (Wildman–Crippen MR) is 80.8 cm³/mol. The molecule has 19 heavy (non-hydrogen) atoms. The van der Waals surface area contributed by atoms with Crippen LogP contribution in [-0.2, 0) is 10.7 Å². The molecule has 1 amide bonds. The number of carbonyl (C=O) groups excluding carboxylic acids is 1. The van der Waals surface area contributed by atoms with Crippen LogP contribution in [0.5, 0.6) is 0 Å². The summed E-state index contributed by atoms with van der Waals surface area (Å²) in [5.41, 5.74) is 1.61. The highest BCUT2D eigenvalue weighted by Crippen LogP contribution is 2.17. The summed E-state index contributed by atoms with van der Waals surface area (Å²) in [6.07, 6.45) is 3.13. The Balaban J connectivity index is 1.97. The Hall–Kier alpha value is -1.36. The average Bonchev–Trinajstić information content (AvgIpc) is 2.84. The molecule has 0 unspecified atom stereocenters. The summed E-state index contributed by atoms with van der Waals surface area (Å²) < 4.78 is 0. The fourth-order valence-corrected chi connectivity index (χ4v) is 2.50. The lowest BCUT2D eigenvalue weighted by Gasteiger charge is -1.96. The predicted octanol–water partition coefficient (Wildman–Crippen LogP) is 4.19. The van der Waals surface area contributed by atoms with Crippen molar-refractivity contribution in [2.24, 2.45) is 0 Å². The molecule has 0 radical (unpaired) electrons. The van der Waals surface area contributed by atoms with Crippen molar-refractivity contribution in [2.75, 3.05) is 5.32 Å². The number of aromatic nitrogens is 1. The van der Waals surface area contributed by atoms with Gasteiger partial charge in [-0.05, 0) is 23.8 Å². The molecule has 0 atom stereocenters. The molecule has 1 aromatic carbocycles. The topological polar surface area (TPSA) is 42.0 Å². The number of anilines is 1. The van der Waals surface area contributed by atoms with E-state index in [2.05, 4.69) is 10.3 Å². The molecular weight excluding hydrogens is 303 g/mol. The summed E-state index contributed by atoms with van der Waals surface area (Å²) in [4.78, 5) is 15.8. The molecule has 6 heteroatoms. The van der Waals surface area contributed by atoms with Gasteiger partial charge < -0.3 is 0 Å². The minimum Gasteiger partial charge on any atom is -0.298 e. The van der Waals surface area contributed by atoms with Crippen LogP contribution in [0.4, 0.5) is 5.13 Å². The zero-order chi connectivity index (χ0) is 13.7. The van der Waals surface area contributed by atoms with Gasteiger partial charge in [0.05, 0.1) is 11.6 Å². The molecule has 0 saturated heterocycles. The minimum absolute atomic E-state index is 0.240. The van der Waals surface area contributed by atoms with Crippen molar-refractivity contribution in [3.63, 3.8) is 0 Å². The van der Waals surface area contributed by atoms with Gasteiger partial charge in [0, 0.05) is 16.5 Å². The maximum atomic E-state index is 11.7. The quantitative estimate of drug-likeness (QED) is 0.679. The number of alkyl halides is 1. The number of carbonyl (C=O) groups is 1. The smallest absolute Gasteiger partial charge is 0.250 e. The number of nitrogens with one attached hydrogen (secondary N) is 1. The maximum Gasteiger partial charge on any atom is 0.250 e. The van der Waals surface area contributed by atoms with Gasteiger partial charge >= 0.3 is 0 Å². The highest BCUT2D eigenvalue weighted by molar-refractivity contribution is 7.14. The molecule has 0 fully saturated rings. The van der Waals surface area contributed by atoms with E-state index in [1.807, 2.05) is 17.5 Å². The van der Waals surface area contributed by atoms with Crippen molar-refractivity contribution >= 4 is 51.7 Å². The van der Waals surface area contributed by atoms with E-state index >= 15 is 0 Å². The van der Waals surface area contributed by atoms with Gasteiger partial charge in [-0.2, -0.15) is 0 Å². The van der Waals surface area contributed by atoms with E-state index in [-0.39, 0.29) is 5.91 Å². The van der Waals surface area contributed by atoms with Gasteiger partial charge in [-0.3, -0.25) is 10.1 Å². The van der Waals surface area contributed by atoms with Crippen LogP contribution in [0.1, 0.15) is 11.3 Å². The Morgan fingerprint density at radius 2 is 2.32 bits per heavy atom. The molecule has 1 heterocycles. The third kappa shape index (κ3) is 4.35. The first-order chi connectivity index (χ1) is 9.17. The third-order valence-electron chi connectivity index (χ3n) is 2.19. The lowest BCUT2D eigenvalue weighted by Crippen LogP contribution is -2.07. The molecule has 0 saturated carbocycles. The Labute approximate surface area is 124 Å².